The van der Waals surface area contributed by atoms with Gasteiger partial charge in [-0.25, -0.2) is 0 Å². The number of thiophene rings is 2. The Hall–Kier alpha value is -6.20. The van der Waals surface area contributed by atoms with Crippen LogP contribution in [0.4, 0.5) is 34.1 Å². The molecule has 0 saturated heterocycles. The molecule has 0 aliphatic heterocycles. The minimum absolute atomic E-state index is 1.12. The molecule has 0 amide bonds. The number of anilines is 6. The second-order valence-electron chi connectivity index (χ2n) is 13.0. The largest absolute Gasteiger partial charge is 0.310 e. The summed E-state index contributed by atoms with van der Waals surface area (Å²) < 4.78 is 5.16. The molecule has 8 aromatic carbocycles. The zero-order valence-corrected chi connectivity index (χ0v) is 29.8. The molecule has 0 bridgehead atoms. The summed E-state index contributed by atoms with van der Waals surface area (Å²) in [6.07, 6.45) is 0. The van der Waals surface area contributed by atoms with Crippen LogP contribution in [0.15, 0.2) is 194 Å². The summed E-state index contributed by atoms with van der Waals surface area (Å²) in [5.41, 5.74) is 9.23. The molecule has 2 aromatic heterocycles. The van der Waals surface area contributed by atoms with E-state index < -0.39 is 0 Å². The third-order valence-electron chi connectivity index (χ3n) is 9.83. The van der Waals surface area contributed by atoms with E-state index in [1.54, 1.807) is 0 Å². The topological polar surface area (TPSA) is 6.48 Å². The fourth-order valence-electron chi connectivity index (χ4n) is 7.37. The molecule has 0 atom stereocenters. The van der Waals surface area contributed by atoms with E-state index in [0.717, 1.165) is 34.1 Å². The van der Waals surface area contributed by atoms with Gasteiger partial charge in [0.1, 0.15) is 0 Å². The summed E-state index contributed by atoms with van der Waals surface area (Å²) in [5.74, 6) is 0. The maximum atomic E-state index is 2.41. The highest BCUT2D eigenvalue weighted by molar-refractivity contribution is 7.26. The van der Waals surface area contributed by atoms with Crippen molar-refractivity contribution in [3.05, 3.63) is 194 Å². The Kier molecular flexibility index (Phi) is 7.56. The van der Waals surface area contributed by atoms with Gasteiger partial charge in [0.2, 0.25) is 0 Å². The fourth-order valence-corrected chi connectivity index (χ4v) is 9.57. The number of nitrogens with zero attached hydrogens (tertiary/aromatic N) is 2. The third kappa shape index (κ3) is 5.41. The summed E-state index contributed by atoms with van der Waals surface area (Å²) >= 11 is 3.71. The molecule has 10 rings (SSSR count). The molecule has 2 nitrogen and oxygen atoms in total. The van der Waals surface area contributed by atoms with Gasteiger partial charge in [0.05, 0.1) is 0 Å². The van der Waals surface area contributed by atoms with E-state index in [1.807, 2.05) is 22.7 Å². The van der Waals surface area contributed by atoms with Gasteiger partial charge in [-0.3, -0.25) is 0 Å². The molecule has 0 saturated carbocycles. The van der Waals surface area contributed by atoms with E-state index in [1.165, 1.54) is 51.5 Å². The molecule has 0 aliphatic rings. The summed E-state index contributed by atoms with van der Waals surface area (Å²) in [7, 11) is 0. The monoisotopic (exact) mass is 700 g/mol. The number of benzene rings is 8. The molecule has 10 aromatic rings. The van der Waals surface area contributed by atoms with Gasteiger partial charge in [0, 0.05) is 74.5 Å². The third-order valence-corrected chi connectivity index (χ3v) is 12.1. The first-order valence-electron chi connectivity index (χ1n) is 17.5. The normalized spacial score (nSPS) is 11.5. The van der Waals surface area contributed by atoms with E-state index >= 15 is 0 Å². The van der Waals surface area contributed by atoms with Gasteiger partial charge >= 0.3 is 0 Å². The first-order chi connectivity index (χ1) is 25.8. The number of rotatable bonds is 7. The molecule has 4 heteroatoms. The molecule has 0 aliphatic carbocycles. The Bertz CT molecular complexity index is 2800. The van der Waals surface area contributed by atoms with Crippen molar-refractivity contribution >= 4 is 97.1 Å². The maximum absolute atomic E-state index is 2.41. The first-order valence-corrected chi connectivity index (χ1v) is 19.1. The summed E-state index contributed by atoms with van der Waals surface area (Å²) in [6.45, 7) is 0. The lowest BCUT2D eigenvalue weighted by Gasteiger charge is -2.26. The van der Waals surface area contributed by atoms with Gasteiger partial charge in [-0.2, -0.15) is 0 Å². The number of fused-ring (bicyclic) bond motifs is 6. The molecule has 0 unspecified atom stereocenters. The Labute approximate surface area is 310 Å². The minimum atomic E-state index is 1.12. The van der Waals surface area contributed by atoms with Crippen molar-refractivity contribution < 1.29 is 0 Å². The van der Waals surface area contributed by atoms with Crippen molar-refractivity contribution in [2.24, 2.45) is 0 Å². The van der Waals surface area contributed by atoms with Gasteiger partial charge < -0.3 is 9.80 Å². The van der Waals surface area contributed by atoms with Crippen LogP contribution < -0.4 is 9.80 Å². The van der Waals surface area contributed by atoms with Crippen LogP contribution in [-0.2, 0) is 0 Å². The van der Waals surface area contributed by atoms with Crippen LogP contribution in [0.3, 0.4) is 0 Å². The average molecular weight is 701 g/mol. The van der Waals surface area contributed by atoms with Gasteiger partial charge in [0.15, 0.2) is 0 Å². The van der Waals surface area contributed by atoms with Crippen molar-refractivity contribution in [2.75, 3.05) is 9.80 Å². The fraction of sp³-hybridized carbons (Fsp3) is 0. The second kappa shape index (κ2) is 12.8. The van der Waals surface area contributed by atoms with E-state index in [-0.39, 0.29) is 0 Å². The van der Waals surface area contributed by atoms with E-state index in [4.69, 9.17) is 0 Å². The Morgan fingerprint density at radius 2 is 0.654 bits per heavy atom. The van der Waals surface area contributed by atoms with Gasteiger partial charge in [0.25, 0.3) is 0 Å². The lowest BCUT2D eigenvalue weighted by Crippen LogP contribution is -2.10. The average Bonchev–Trinajstić information content (AvgIpc) is 3.77. The minimum Gasteiger partial charge on any atom is -0.310 e. The Balaban J connectivity index is 1.14. The maximum Gasteiger partial charge on any atom is 0.0476 e. The summed E-state index contributed by atoms with van der Waals surface area (Å²) in [4.78, 5) is 4.75. The van der Waals surface area contributed by atoms with Crippen molar-refractivity contribution in [1.29, 1.82) is 0 Å². The lowest BCUT2D eigenvalue weighted by atomic mass is 10.0. The molecule has 0 spiro atoms. The molecule has 246 valence electrons. The lowest BCUT2D eigenvalue weighted by molar-refractivity contribution is 1.29. The van der Waals surface area contributed by atoms with Crippen LogP contribution in [0, 0.1) is 0 Å². The first kappa shape index (κ1) is 30.6. The van der Waals surface area contributed by atoms with Crippen LogP contribution in [0.2, 0.25) is 0 Å². The molecular weight excluding hydrogens is 669 g/mol. The van der Waals surface area contributed by atoms with Crippen molar-refractivity contribution in [2.45, 2.75) is 0 Å². The zero-order chi connectivity index (χ0) is 34.4. The number of hydrogen-bond acceptors (Lipinski definition) is 4. The van der Waals surface area contributed by atoms with Crippen molar-refractivity contribution in [3.8, 4) is 11.1 Å². The molecule has 0 fully saturated rings. The summed E-state index contributed by atoms with van der Waals surface area (Å²) in [5, 5.41) is 5.14. The predicted octanol–water partition coefficient (Wildman–Crippen LogP) is 15.0. The molecule has 52 heavy (non-hydrogen) atoms. The standard InChI is InChI=1S/C48H32N2S2/c1-4-12-33(13-5-1)34-20-22-37(23-21-34)50(40-24-27-42-41-18-10-11-19-45(41)52-48(42)32-40)39-26-29-47-44(31-39)43-30-38(25-28-46(43)51-47)49(35-14-6-2-7-15-35)36-16-8-3-9-17-36/h1-32H. The Morgan fingerprint density at radius 1 is 0.250 bits per heavy atom. The summed E-state index contributed by atoms with van der Waals surface area (Å²) in [6, 6.07) is 70.3. The Morgan fingerprint density at radius 3 is 1.29 bits per heavy atom. The van der Waals surface area contributed by atoms with Crippen molar-refractivity contribution in [3.63, 3.8) is 0 Å². The molecule has 2 heterocycles. The highest BCUT2D eigenvalue weighted by Gasteiger charge is 2.18. The van der Waals surface area contributed by atoms with Crippen molar-refractivity contribution in [1.82, 2.24) is 0 Å². The smallest absolute Gasteiger partial charge is 0.0476 e. The van der Waals surface area contributed by atoms with Gasteiger partial charge in [-0.15, -0.1) is 22.7 Å². The van der Waals surface area contributed by atoms with Crippen LogP contribution in [0.5, 0.6) is 0 Å². The predicted molar refractivity (Wildman–Crippen MR) is 227 cm³/mol. The number of para-hydroxylation sites is 2. The molecule has 0 N–H and O–H groups in total. The SMILES string of the molecule is c1ccc(-c2ccc(N(c3ccc4c(c3)sc3ccccc34)c3ccc4sc5ccc(N(c6ccccc6)c6ccccc6)cc5c4c3)cc2)cc1. The molecule has 0 radical (unpaired) electrons. The van der Waals surface area contributed by atoms with Crippen LogP contribution in [0.25, 0.3) is 51.5 Å². The number of hydrogen-bond donors (Lipinski definition) is 0. The van der Waals surface area contributed by atoms with Crippen LogP contribution >= 0.6 is 22.7 Å². The quantitative estimate of drug-likeness (QED) is 0.163. The zero-order valence-electron chi connectivity index (χ0n) is 28.2. The van der Waals surface area contributed by atoms with E-state index in [0.29, 0.717) is 0 Å². The second-order valence-corrected chi connectivity index (χ2v) is 15.2. The van der Waals surface area contributed by atoms with E-state index in [2.05, 4.69) is 204 Å². The highest BCUT2D eigenvalue weighted by Crippen LogP contribution is 2.45. The van der Waals surface area contributed by atoms with E-state index in [9.17, 15) is 0 Å². The van der Waals surface area contributed by atoms with Gasteiger partial charge in [-0.05, 0) is 102 Å². The van der Waals surface area contributed by atoms with Crippen LogP contribution in [-0.4, -0.2) is 0 Å². The molecular formula is C48H32N2S2. The van der Waals surface area contributed by atoms with Crippen LogP contribution in [0.1, 0.15) is 0 Å². The van der Waals surface area contributed by atoms with Gasteiger partial charge in [-0.1, -0.05) is 103 Å². The highest BCUT2D eigenvalue weighted by atomic mass is 32.1.